The summed E-state index contributed by atoms with van der Waals surface area (Å²) in [7, 11) is 1.84. The molecule has 0 aliphatic carbocycles. The average Bonchev–Trinajstić information content (AvgIpc) is 3.22. The van der Waals surface area contributed by atoms with Gasteiger partial charge in [-0.05, 0) is 31.2 Å². The third-order valence-electron chi connectivity index (χ3n) is 3.60. The number of aryl methyl sites for hydroxylation is 1. The number of nitrogens with one attached hydrogen (secondary N) is 2. The minimum atomic E-state index is 0.471. The highest BCUT2D eigenvalue weighted by atomic mass is 16.5. The lowest BCUT2D eigenvalue weighted by Crippen LogP contribution is -1.94. The number of H-pyrrole nitrogens is 1. The van der Waals surface area contributed by atoms with Crippen LogP contribution in [-0.4, -0.2) is 32.1 Å². The molecule has 4 aromatic heterocycles. The van der Waals surface area contributed by atoms with Gasteiger partial charge in [0.25, 0.3) is 5.89 Å². The maximum Gasteiger partial charge on any atom is 0.259 e. The third kappa shape index (κ3) is 2.32. The van der Waals surface area contributed by atoms with E-state index in [1.165, 1.54) is 0 Å². The van der Waals surface area contributed by atoms with Gasteiger partial charge >= 0.3 is 0 Å². The van der Waals surface area contributed by atoms with Gasteiger partial charge in [0, 0.05) is 30.4 Å². The van der Waals surface area contributed by atoms with Crippen molar-refractivity contribution >= 4 is 16.9 Å². The van der Waals surface area contributed by atoms with E-state index in [-0.39, 0.29) is 0 Å². The molecule has 0 unspecified atom stereocenters. The number of nitrogens with zero attached hydrogens (tertiary/aromatic N) is 4. The number of fused-ring (bicyclic) bond motifs is 1. The molecule has 0 fully saturated rings. The lowest BCUT2D eigenvalue weighted by molar-refractivity contribution is 0.425. The van der Waals surface area contributed by atoms with Crippen LogP contribution >= 0.6 is 0 Å². The van der Waals surface area contributed by atoms with Crippen LogP contribution < -0.4 is 5.32 Å². The standard InChI is InChI=1S/C16H14N6O/c1-9-20-16(23-22-9)10-3-4-13(19-8-10)12-7-14(17-2)21-15-11(12)5-6-18-15/h3-8H,1-2H3,(H2,17,18,21). The fourth-order valence-corrected chi connectivity index (χ4v) is 2.47. The van der Waals surface area contributed by atoms with Gasteiger partial charge in [0.05, 0.1) is 11.3 Å². The number of hydrogen-bond acceptors (Lipinski definition) is 6. The SMILES string of the molecule is CNc1cc(-c2ccc(-c3nc(C)no3)cn2)c2cc[nH]c2n1. The highest BCUT2D eigenvalue weighted by Gasteiger charge is 2.11. The van der Waals surface area contributed by atoms with Crippen LogP contribution in [0.15, 0.2) is 41.2 Å². The van der Waals surface area contributed by atoms with Crippen LogP contribution in [0.3, 0.4) is 0 Å². The molecule has 7 heteroatoms. The van der Waals surface area contributed by atoms with E-state index in [4.69, 9.17) is 4.52 Å². The number of hydrogen-bond donors (Lipinski definition) is 2. The van der Waals surface area contributed by atoms with Gasteiger partial charge in [0.2, 0.25) is 0 Å². The first kappa shape index (κ1) is 13.4. The summed E-state index contributed by atoms with van der Waals surface area (Å²) in [5.74, 6) is 1.86. The van der Waals surface area contributed by atoms with Crippen LogP contribution in [0.2, 0.25) is 0 Å². The van der Waals surface area contributed by atoms with Crippen molar-refractivity contribution in [3.63, 3.8) is 0 Å². The number of rotatable bonds is 3. The van der Waals surface area contributed by atoms with Crippen molar-refractivity contribution in [3.8, 4) is 22.7 Å². The second kappa shape index (κ2) is 5.20. The summed E-state index contributed by atoms with van der Waals surface area (Å²) in [6.45, 7) is 1.79. The molecule has 4 aromatic rings. The van der Waals surface area contributed by atoms with E-state index < -0.39 is 0 Å². The predicted molar refractivity (Wildman–Crippen MR) is 86.9 cm³/mol. The van der Waals surface area contributed by atoms with Gasteiger partial charge in [0.1, 0.15) is 11.5 Å². The van der Waals surface area contributed by atoms with Crippen LogP contribution in [0.1, 0.15) is 5.82 Å². The topological polar surface area (TPSA) is 92.5 Å². The first-order valence-corrected chi connectivity index (χ1v) is 7.17. The van der Waals surface area contributed by atoms with E-state index in [0.717, 1.165) is 33.7 Å². The number of aromatic nitrogens is 5. The van der Waals surface area contributed by atoms with E-state index in [1.807, 2.05) is 37.5 Å². The molecule has 0 radical (unpaired) electrons. The van der Waals surface area contributed by atoms with Gasteiger partial charge < -0.3 is 14.8 Å². The molecule has 0 atom stereocenters. The van der Waals surface area contributed by atoms with Crippen molar-refractivity contribution in [2.75, 3.05) is 12.4 Å². The van der Waals surface area contributed by atoms with Crippen molar-refractivity contribution in [1.29, 1.82) is 0 Å². The molecule has 2 N–H and O–H groups in total. The highest BCUT2D eigenvalue weighted by molar-refractivity contribution is 5.93. The Hall–Kier alpha value is -3.22. The van der Waals surface area contributed by atoms with Crippen molar-refractivity contribution in [2.24, 2.45) is 0 Å². The highest BCUT2D eigenvalue weighted by Crippen LogP contribution is 2.29. The summed E-state index contributed by atoms with van der Waals surface area (Å²) in [6, 6.07) is 7.84. The molecule has 0 saturated heterocycles. The molecule has 4 rings (SSSR count). The van der Waals surface area contributed by atoms with Crippen LogP contribution in [0.4, 0.5) is 5.82 Å². The monoisotopic (exact) mass is 306 g/mol. The summed E-state index contributed by atoms with van der Waals surface area (Å²) >= 11 is 0. The smallest absolute Gasteiger partial charge is 0.259 e. The average molecular weight is 306 g/mol. The van der Waals surface area contributed by atoms with E-state index >= 15 is 0 Å². The fraction of sp³-hybridized carbons (Fsp3) is 0.125. The summed E-state index contributed by atoms with van der Waals surface area (Å²) in [5, 5.41) is 7.89. The lowest BCUT2D eigenvalue weighted by atomic mass is 10.1. The van der Waals surface area contributed by atoms with Gasteiger partial charge in [-0.25, -0.2) is 4.98 Å². The van der Waals surface area contributed by atoms with Gasteiger partial charge in [-0.3, -0.25) is 4.98 Å². The molecule has 0 amide bonds. The molecule has 0 bridgehead atoms. The second-order valence-electron chi connectivity index (χ2n) is 5.12. The minimum absolute atomic E-state index is 0.471. The van der Waals surface area contributed by atoms with E-state index in [9.17, 15) is 0 Å². The Labute approximate surface area is 131 Å². The van der Waals surface area contributed by atoms with Gasteiger partial charge in [0.15, 0.2) is 5.82 Å². The van der Waals surface area contributed by atoms with Crippen molar-refractivity contribution in [1.82, 2.24) is 25.1 Å². The van der Waals surface area contributed by atoms with Crippen LogP contribution in [-0.2, 0) is 0 Å². The molecule has 4 heterocycles. The summed E-state index contributed by atoms with van der Waals surface area (Å²) in [4.78, 5) is 16.4. The summed E-state index contributed by atoms with van der Waals surface area (Å²) in [6.07, 6.45) is 3.61. The Morgan fingerprint density at radius 1 is 1.17 bits per heavy atom. The molecular weight excluding hydrogens is 292 g/mol. The molecule has 0 spiro atoms. The lowest BCUT2D eigenvalue weighted by Gasteiger charge is -2.06. The molecule has 7 nitrogen and oxygen atoms in total. The second-order valence-corrected chi connectivity index (χ2v) is 5.12. The Morgan fingerprint density at radius 2 is 2.09 bits per heavy atom. The van der Waals surface area contributed by atoms with Crippen LogP contribution in [0, 0.1) is 6.92 Å². The summed E-state index contributed by atoms with van der Waals surface area (Å²) < 4.78 is 5.16. The zero-order valence-corrected chi connectivity index (χ0v) is 12.7. The normalized spacial score (nSPS) is 11.0. The molecule has 23 heavy (non-hydrogen) atoms. The zero-order valence-electron chi connectivity index (χ0n) is 12.7. The minimum Gasteiger partial charge on any atom is -0.373 e. The number of anilines is 1. The zero-order chi connectivity index (χ0) is 15.8. The molecule has 0 aliphatic heterocycles. The molecule has 0 saturated carbocycles. The molecule has 114 valence electrons. The quantitative estimate of drug-likeness (QED) is 0.604. The van der Waals surface area contributed by atoms with Crippen LogP contribution in [0.5, 0.6) is 0 Å². The number of aromatic amines is 1. The Bertz CT molecular complexity index is 970. The Kier molecular flexibility index (Phi) is 3.04. The largest absolute Gasteiger partial charge is 0.373 e. The Morgan fingerprint density at radius 3 is 2.78 bits per heavy atom. The Balaban J connectivity index is 1.80. The molecule has 0 aliphatic rings. The maximum atomic E-state index is 5.16. The van der Waals surface area contributed by atoms with Crippen LogP contribution in [0.25, 0.3) is 33.7 Å². The third-order valence-corrected chi connectivity index (χ3v) is 3.60. The van der Waals surface area contributed by atoms with E-state index in [1.54, 1.807) is 13.1 Å². The first-order valence-electron chi connectivity index (χ1n) is 7.17. The number of pyridine rings is 2. The van der Waals surface area contributed by atoms with Crippen molar-refractivity contribution in [3.05, 3.63) is 42.5 Å². The van der Waals surface area contributed by atoms with E-state index in [0.29, 0.717) is 11.7 Å². The van der Waals surface area contributed by atoms with Crippen molar-refractivity contribution < 1.29 is 4.52 Å². The predicted octanol–water partition coefficient (Wildman–Crippen LogP) is 3.03. The van der Waals surface area contributed by atoms with Crippen molar-refractivity contribution in [2.45, 2.75) is 6.92 Å². The van der Waals surface area contributed by atoms with E-state index in [2.05, 4.69) is 30.4 Å². The summed E-state index contributed by atoms with van der Waals surface area (Å²) in [5.41, 5.74) is 3.48. The molecule has 0 aromatic carbocycles. The van der Waals surface area contributed by atoms with Gasteiger partial charge in [-0.1, -0.05) is 5.16 Å². The first-order chi connectivity index (χ1) is 11.2. The fourth-order valence-electron chi connectivity index (χ4n) is 2.47. The van der Waals surface area contributed by atoms with Gasteiger partial charge in [-0.2, -0.15) is 4.98 Å². The maximum absolute atomic E-state index is 5.16. The van der Waals surface area contributed by atoms with Gasteiger partial charge in [-0.15, -0.1) is 0 Å². The molecular formula is C16H14N6O.